The van der Waals surface area contributed by atoms with E-state index in [-0.39, 0.29) is 0 Å². The number of aliphatic imine (C=N–C) groups is 2. The Labute approximate surface area is 174 Å². The zero-order valence-corrected chi connectivity index (χ0v) is 17.0. The molecule has 0 spiro atoms. The molecule has 1 saturated heterocycles. The second-order valence-electron chi connectivity index (χ2n) is 6.60. The Morgan fingerprint density at radius 3 is 3.00 bits per heavy atom. The minimum Gasteiger partial charge on any atom is -0.378 e. The number of H-pyrrole nitrogens is 1. The molecule has 6 nitrogen and oxygen atoms in total. The van der Waals surface area contributed by atoms with E-state index in [1.807, 2.05) is 36.5 Å². The van der Waals surface area contributed by atoms with Crippen molar-refractivity contribution in [1.29, 1.82) is 0 Å². The summed E-state index contributed by atoms with van der Waals surface area (Å²) in [5, 5.41) is 8.28. The van der Waals surface area contributed by atoms with E-state index in [2.05, 4.69) is 39.5 Å². The fraction of sp³-hybridized carbons (Fsp3) is 0.227. The lowest BCUT2D eigenvalue weighted by atomic mass is 10.1. The van der Waals surface area contributed by atoms with E-state index in [9.17, 15) is 0 Å². The molecule has 0 saturated carbocycles. The van der Waals surface area contributed by atoms with Crippen LogP contribution in [0.3, 0.4) is 0 Å². The van der Waals surface area contributed by atoms with Crippen molar-refractivity contribution in [2.24, 2.45) is 9.98 Å². The lowest BCUT2D eigenvalue weighted by molar-refractivity contribution is 0.0682. The van der Waals surface area contributed by atoms with Crippen LogP contribution in [0.1, 0.15) is 15.3 Å². The summed E-state index contributed by atoms with van der Waals surface area (Å²) < 4.78 is 5.55. The predicted octanol–water partition coefficient (Wildman–Crippen LogP) is 4.43. The van der Waals surface area contributed by atoms with Crippen molar-refractivity contribution >= 4 is 46.6 Å². The molecule has 0 amide bonds. The standard InChI is InChI=1S/C22H23N5OS/c1-3-4-7-17-13-20(23-2)21(29-17)22(27-9-11-28-12-10-27)24-14-16-6-5-8-19-18(16)15-25-26-19/h3-8,13,15H,1-2,9-12,14H2,(H,25,26)/b7-4+,24-22+. The number of morpholine rings is 1. The SMILES string of the molecule is C=C/C=C/c1cc(N=C)c(/C(=N\Cc2cccc3[nH]ncc23)N2CCOCC2)s1. The normalized spacial score (nSPS) is 15.3. The minimum absolute atomic E-state index is 0.565. The Hall–Kier alpha value is -3.03. The van der Waals surface area contributed by atoms with Crippen LogP contribution in [0.5, 0.6) is 0 Å². The van der Waals surface area contributed by atoms with Crippen molar-refractivity contribution < 1.29 is 4.74 Å². The number of aromatic nitrogens is 2. The van der Waals surface area contributed by atoms with Gasteiger partial charge in [-0.25, -0.2) is 0 Å². The van der Waals surface area contributed by atoms with Gasteiger partial charge in [-0.3, -0.25) is 15.1 Å². The van der Waals surface area contributed by atoms with Gasteiger partial charge in [0, 0.05) is 23.4 Å². The summed E-state index contributed by atoms with van der Waals surface area (Å²) in [7, 11) is 0. The number of benzene rings is 1. The van der Waals surface area contributed by atoms with Gasteiger partial charge in [0.2, 0.25) is 0 Å². The number of thiophene rings is 1. The van der Waals surface area contributed by atoms with Gasteiger partial charge in [-0.15, -0.1) is 11.3 Å². The predicted molar refractivity (Wildman–Crippen MR) is 121 cm³/mol. The van der Waals surface area contributed by atoms with Gasteiger partial charge in [0.15, 0.2) is 0 Å². The molecule has 3 aromatic rings. The number of aromatic amines is 1. The van der Waals surface area contributed by atoms with Crippen LogP contribution in [0.15, 0.2) is 59.2 Å². The first kappa shape index (κ1) is 19.3. The zero-order valence-electron chi connectivity index (χ0n) is 16.2. The summed E-state index contributed by atoms with van der Waals surface area (Å²) >= 11 is 1.67. The maximum absolute atomic E-state index is 5.55. The Morgan fingerprint density at radius 2 is 2.21 bits per heavy atom. The van der Waals surface area contributed by atoms with Crippen LogP contribution in [0.4, 0.5) is 5.69 Å². The number of allylic oxidation sites excluding steroid dienone is 2. The second-order valence-corrected chi connectivity index (χ2v) is 7.69. The maximum Gasteiger partial charge on any atom is 0.143 e. The summed E-state index contributed by atoms with van der Waals surface area (Å²) in [6.45, 7) is 11.1. The van der Waals surface area contributed by atoms with E-state index in [1.54, 1.807) is 17.4 Å². The molecule has 0 bridgehead atoms. The summed E-state index contributed by atoms with van der Waals surface area (Å²) in [6, 6.07) is 8.19. The van der Waals surface area contributed by atoms with Crippen LogP contribution < -0.4 is 0 Å². The van der Waals surface area contributed by atoms with Gasteiger partial charge >= 0.3 is 0 Å². The summed E-state index contributed by atoms with van der Waals surface area (Å²) in [4.78, 5) is 13.7. The molecule has 0 radical (unpaired) electrons. The van der Waals surface area contributed by atoms with E-state index in [1.165, 1.54) is 0 Å². The van der Waals surface area contributed by atoms with Gasteiger partial charge in [-0.05, 0) is 30.5 Å². The largest absolute Gasteiger partial charge is 0.378 e. The van der Waals surface area contributed by atoms with Crippen molar-refractivity contribution in [3.63, 3.8) is 0 Å². The van der Waals surface area contributed by atoms with Crippen molar-refractivity contribution in [1.82, 2.24) is 15.1 Å². The fourth-order valence-electron chi connectivity index (χ4n) is 3.34. The molecule has 1 aliphatic heterocycles. The highest BCUT2D eigenvalue weighted by atomic mass is 32.1. The molecule has 7 heteroatoms. The number of amidine groups is 1. The van der Waals surface area contributed by atoms with Gasteiger partial charge in [-0.1, -0.05) is 30.9 Å². The van der Waals surface area contributed by atoms with Crippen molar-refractivity contribution in [2.45, 2.75) is 6.54 Å². The topological polar surface area (TPSA) is 65.9 Å². The van der Waals surface area contributed by atoms with Gasteiger partial charge < -0.3 is 9.64 Å². The van der Waals surface area contributed by atoms with Gasteiger partial charge in [0.25, 0.3) is 0 Å². The third-order valence-corrected chi connectivity index (χ3v) is 5.87. The Morgan fingerprint density at radius 1 is 1.34 bits per heavy atom. The van der Waals surface area contributed by atoms with E-state index < -0.39 is 0 Å². The average Bonchev–Trinajstić information content (AvgIpc) is 3.40. The number of hydrogen-bond donors (Lipinski definition) is 1. The second kappa shape index (κ2) is 8.98. The molecule has 1 aliphatic rings. The number of hydrogen-bond acceptors (Lipinski definition) is 5. The summed E-state index contributed by atoms with van der Waals surface area (Å²) in [6.07, 6.45) is 7.57. The van der Waals surface area contributed by atoms with Crippen LogP contribution in [-0.2, 0) is 11.3 Å². The first-order chi connectivity index (χ1) is 14.3. The van der Waals surface area contributed by atoms with Crippen molar-refractivity contribution in [3.8, 4) is 0 Å². The first-order valence-corrected chi connectivity index (χ1v) is 10.3. The monoisotopic (exact) mass is 405 g/mol. The molecule has 1 aromatic carbocycles. The molecule has 1 fully saturated rings. The summed E-state index contributed by atoms with van der Waals surface area (Å²) in [5.74, 6) is 0.944. The molecule has 0 unspecified atom stereocenters. The highest BCUT2D eigenvalue weighted by Gasteiger charge is 2.21. The fourth-order valence-corrected chi connectivity index (χ4v) is 4.41. The lowest BCUT2D eigenvalue weighted by Gasteiger charge is -2.29. The number of nitrogens with zero attached hydrogens (tertiary/aromatic N) is 4. The summed E-state index contributed by atoms with van der Waals surface area (Å²) in [5.41, 5.74) is 3.01. The molecule has 4 rings (SSSR count). The van der Waals surface area contributed by atoms with Gasteiger partial charge in [0.05, 0.1) is 42.0 Å². The van der Waals surface area contributed by atoms with E-state index >= 15 is 0 Å². The molecule has 0 aliphatic carbocycles. The average molecular weight is 406 g/mol. The molecule has 0 atom stereocenters. The maximum atomic E-state index is 5.55. The van der Waals surface area contributed by atoms with Crippen LogP contribution in [0.25, 0.3) is 17.0 Å². The zero-order chi connectivity index (χ0) is 20.1. The smallest absolute Gasteiger partial charge is 0.143 e. The number of rotatable bonds is 6. The van der Waals surface area contributed by atoms with E-state index in [0.29, 0.717) is 19.8 Å². The Balaban J connectivity index is 1.74. The van der Waals surface area contributed by atoms with E-state index in [0.717, 1.165) is 50.8 Å². The molecular formula is C22H23N5OS. The van der Waals surface area contributed by atoms with Crippen LogP contribution >= 0.6 is 11.3 Å². The molecule has 148 valence electrons. The highest BCUT2D eigenvalue weighted by Crippen LogP contribution is 2.32. The molecule has 1 N–H and O–H groups in total. The number of fused-ring (bicyclic) bond motifs is 1. The van der Waals surface area contributed by atoms with Gasteiger partial charge in [0.1, 0.15) is 5.84 Å². The number of ether oxygens (including phenoxy) is 1. The third-order valence-electron chi connectivity index (χ3n) is 4.79. The van der Waals surface area contributed by atoms with Crippen molar-refractivity contribution in [2.75, 3.05) is 26.3 Å². The lowest BCUT2D eigenvalue weighted by Crippen LogP contribution is -2.41. The first-order valence-electron chi connectivity index (χ1n) is 9.48. The molecule has 3 heterocycles. The molecule has 2 aromatic heterocycles. The highest BCUT2D eigenvalue weighted by molar-refractivity contribution is 7.15. The van der Waals surface area contributed by atoms with Crippen LogP contribution in [0.2, 0.25) is 0 Å². The Kier molecular flexibility index (Phi) is 5.97. The Bertz CT molecular complexity index is 1070. The minimum atomic E-state index is 0.565. The third kappa shape index (κ3) is 4.21. The number of nitrogens with one attached hydrogen (secondary N) is 1. The van der Waals surface area contributed by atoms with E-state index in [4.69, 9.17) is 9.73 Å². The van der Waals surface area contributed by atoms with Crippen LogP contribution in [-0.4, -0.2) is 54.0 Å². The van der Waals surface area contributed by atoms with Crippen LogP contribution in [0, 0.1) is 0 Å². The van der Waals surface area contributed by atoms with Gasteiger partial charge in [-0.2, -0.15) is 5.10 Å². The molecule has 29 heavy (non-hydrogen) atoms. The molecular weight excluding hydrogens is 382 g/mol. The quantitative estimate of drug-likeness (QED) is 0.375. The van der Waals surface area contributed by atoms with Crippen molar-refractivity contribution in [3.05, 3.63) is 64.5 Å².